The van der Waals surface area contributed by atoms with Gasteiger partial charge in [-0.1, -0.05) is 6.58 Å². The first kappa shape index (κ1) is 5.99. The third-order valence-corrected chi connectivity index (χ3v) is 0.349. The minimum Gasteiger partial charge on any atom is -0.278 e. The van der Waals surface area contributed by atoms with Crippen LogP contribution < -0.4 is 5.43 Å². The van der Waals surface area contributed by atoms with Crippen molar-refractivity contribution in [1.82, 2.24) is 5.43 Å². The van der Waals surface area contributed by atoms with E-state index in [2.05, 4.69) is 23.0 Å². The van der Waals surface area contributed by atoms with Crippen LogP contribution in [0.25, 0.3) is 0 Å². The Labute approximate surface area is 43.2 Å². The molecule has 0 amide bonds. The first-order valence-corrected chi connectivity index (χ1v) is 2.01. The van der Waals surface area contributed by atoms with E-state index in [9.17, 15) is 0 Å². The molecule has 0 heterocycles. The Kier molecular flexibility index (Phi) is 4.27. The molecule has 0 fully saturated rings. The molecule has 0 aromatic rings. The molecule has 0 spiro atoms. The van der Waals surface area contributed by atoms with Crippen LogP contribution >= 0.6 is 0 Å². The number of nitrogens with zero attached hydrogens (tertiary/aromatic N) is 1. The van der Waals surface area contributed by atoms with Gasteiger partial charge in [0.15, 0.2) is 0 Å². The smallest absolute Gasteiger partial charge is 0.0135 e. The summed E-state index contributed by atoms with van der Waals surface area (Å²) < 4.78 is 0. The molecule has 2 heteroatoms. The van der Waals surface area contributed by atoms with E-state index in [1.807, 2.05) is 6.92 Å². The Morgan fingerprint density at radius 3 is 3.00 bits per heavy atom. The molecule has 0 aliphatic carbocycles. The fraction of sp³-hybridized carbons (Fsp3) is 0.200. The Balaban J connectivity index is 3.27. The third-order valence-electron chi connectivity index (χ3n) is 0.349. The number of hydrogen-bond donors (Lipinski definition) is 1. The zero-order chi connectivity index (χ0) is 5.54. The van der Waals surface area contributed by atoms with Crippen molar-refractivity contribution in [3.8, 4) is 0 Å². The fourth-order valence-corrected chi connectivity index (χ4v) is 0.147. The molecular weight excluding hydrogens is 88.1 g/mol. The van der Waals surface area contributed by atoms with E-state index in [1.165, 1.54) is 6.20 Å². The summed E-state index contributed by atoms with van der Waals surface area (Å²) in [6.07, 6.45) is 3.19. The zero-order valence-electron chi connectivity index (χ0n) is 4.31. The van der Waals surface area contributed by atoms with E-state index >= 15 is 0 Å². The normalized spacial score (nSPS) is 5.86. The Hall–Kier alpha value is -1.01. The van der Waals surface area contributed by atoms with Crippen LogP contribution in [0.5, 0.6) is 0 Å². The van der Waals surface area contributed by atoms with Crippen molar-refractivity contribution < 1.29 is 0 Å². The Bertz CT molecular complexity index is 98.6. The lowest BCUT2D eigenvalue weighted by Gasteiger charge is -1.76. The average molecular weight is 96.1 g/mol. The Morgan fingerprint density at radius 1 is 1.86 bits per heavy atom. The first-order chi connectivity index (χ1) is 3.41. The van der Waals surface area contributed by atoms with Gasteiger partial charge in [0.25, 0.3) is 0 Å². The number of hydrazone groups is 1. The van der Waals surface area contributed by atoms with E-state index in [0.29, 0.717) is 0 Å². The summed E-state index contributed by atoms with van der Waals surface area (Å²) in [4.78, 5) is 0. The van der Waals surface area contributed by atoms with Gasteiger partial charge >= 0.3 is 0 Å². The van der Waals surface area contributed by atoms with Crippen LogP contribution in [0.4, 0.5) is 0 Å². The van der Waals surface area contributed by atoms with Gasteiger partial charge in [-0.25, -0.2) is 0 Å². The van der Waals surface area contributed by atoms with Crippen LogP contribution in [0.1, 0.15) is 6.92 Å². The van der Waals surface area contributed by atoms with Crippen LogP contribution in [0.15, 0.2) is 24.0 Å². The summed E-state index contributed by atoms with van der Waals surface area (Å²) in [6, 6.07) is 0. The highest BCUT2D eigenvalue weighted by Crippen LogP contribution is 1.52. The molecule has 0 rings (SSSR count). The van der Waals surface area contributed by atoms with E-state index in [0.717, 1.165) is 0 Å². The van der Waals surface area contributed by atoms with Crippen LogP contribution in [-0.4, -0.2) is 5.87 Å². The highest BCUT2D eigenvalue weighted by molar-refractivity contribution is 5.50. The number of rotatable bonds is 2. The molecule has 0 aliphatic rings. The fourth-order valence-electron chi connectivity index (χ4n) is 0.147. The van der Waals surface area contributed by atoms with Crippen molar-refractivity contribution in [2.24, 2.45) is 5.10 Å². The maximum Gasteiger partial charge on any atom is 0.0135 e. The molecule has 0 saturated carbocycles. The lowest BCUT2D eigenvalue weighted by molar-refractivity contribution is 0.983. The molecule has 1 N–H and O–H groups in total. The van der Waals surface area contributed by atoms with Crippen molar-refractivity contribution in [1.29, 1.82) is 0 Å². The van der Waals surface area contributed by atoms with Gasteiger partial charge in [0.2, 0.25) is 0 Å². The van der Waals surface area contributed by atoms with Crippen molar-refractivity contribution >= 4 is 5.87 Å². The summed E-state index contributed by atoms with van der Waals surface area (Å²) >= 11 is 0. The van der Waals surface area contributed by atoms with Gasteiger partial charge in [0.05, 0.1) is 0 Å². The van der Waals surface area contributed by atoms with Crippen LogP contribution in [-0.2, 0) is 0 Å². The van der Waals surface area contributed by atoms with Crippen LogP contribution in [0, 0.1) is 0 Å². The van der Waals surface area contributed by atoms with Gasteiger partial charge in [-0.2, -0.15) is 0 Å². The van der Waals surface area contributed by atoms with E-state index < -0.39 is 0 Å². The number of allylic oxidation sites excluding steroid dienone is 1. The lowest BCUT2D eigenvalue weighted by atomic mass is 10.8. The quantitative estimate of drug-likeness (QED) is 0.400. The summed E-state index contributed by atoms with van der Waals surface area (Å²) in [7, 11) is 0. The van der Waals surface area contributed by atoms with Gasteiger partial charge in [-0.05, 0) is 13.0 Å². The summed E-state index contributed by atoms with van der Waals surface area (Å²) in [5.74, 6) is 2.57. The minimum absolute atomic E-state index is 1.48. The van der Waals surface area contributed by atoms with Crippen molar-refractivity contribution in [2.45, 2.75) is 6.92 Å². The second-order valence-corrected chi connectivity index (χ2v) is 0.863. The maximum absolute atomic E-state index is 3.53. The van der Waals surface area contributed by atoms with Gasteiger partial charge in [-0.3, -0.25) is 5.43 Å². The predicted molar refractivity (Wildman–Crippen MR) is 31.0 cm³/mol. The van der Waals surface area contributed by atoms with Gasteiger partial charge < -0.3 is 0 Å². The second kappa shape index (κ2) is 4.99. The molecule has 2 nitrogen and oxygen atoms in total. The van der Waals surface area contributed by atoms with Crippen molar-refractivity contribution in [2.75, 3.05) is 0 Å². The molecule has 0 unspecified atom stereocenters. The molecule has 38 valence electrons. The molecule has 0 aromatic carbocycles. The van der Waals surface area contributed by atoms with Crippen molar-refractivity contribution in [3.63, 3.8) is 0 Å². The standard InChI is InChI=1S/C5H8N2/c1-3-5-7-6-4-2/h3-4,6H,2H2,1H3. The van der Waals surface area contributed by atoms with E-state index in [1.54, 1.807) is 6.08 Å². The van der Waals surface area contributed by atoms with Crippen molar-refractivity contribution in [3.05, 3.63) is 18.9 Å². The third kappa shape index (κ3) is 4.99. The van der Waals surface area contributed by atoms with Gasteiger partial charge in [0, 0.05) is 12.1 Å². The highest BCUT2D eigenvalue weighted by atomic mass is 15.3. The summed E-state index contributed by atoms with van der Waals surface area (Å²) in [6.45, 7) is 5.22. The van der Waals surface area contributed by atoms with E-state index in [4.69, 9.17) is 0 Å². The minimum atomic E-state index is 1.48. The summed E-state index contributed by atoms with van der Waals surface area (Å²) in [5.41, 5.74) is 2.50. The Morgan fingerprint density at radius 2 is 2.57 bits per heavy atom. The van der Waals surface area contributed by atoms with E-state index in [-0.39, 0.29) is 0 Å². The molecule has 0 aromatic heterocycles. The molecule has 0 saturated heterocycles. The van der Waals surface area contributed by atoms with Gasteiger partial charge in [0.1, 0.15) is 0 Å². The largest absolute Gasteiger partial charge is 0.278 e. The summed E-state index contributed by atoms with van der Waals surface area (Å²) in [5, 5.41) is 3.53. The second-order valence-electron chi connectivity index (χ2n) is 0.863. The number of hydrogen-bond acceptors (Lipinski definition) is 2. The topological polar surface area (TPSA) is 24.4 Å². The number of nitrogens with one attached hydrogen (secondary N) is 1. The lowest BCUT2D eigenvalue weighted by Crippen LogP contribution is -1.87. The molecule has 7 heavy (non-hydrogen) atoms. The highest BCUT2D eigenvalue weighted by Gasteiger charge is 1.50. The predicted octanol–water partition coefficient (Wildman–Crippen LogP) is 0.880. The van der Waals surface area contributed by atoms with Crippen LogP contribution in [0.2, 0.25) is 0 Å². The SMILES string of the molecule is C=CNN=C=CC. The average Bonchev–Trinajstić information content (AvgIpc) is 1.69. The molecule has 0 aliphatic heterocycles. The zero-order valence-corrected chi connectivity index (χ0v) is 4.31. The monoisotopic (exact) mass is 96.1 g/mol. The van der Waals surface area contributed by atoms with Gasteiger partial charge in [-0.15, -0.1) is 5.10 Å². The maximum atomic E-state index is 3.53. The first-order valence-electron chi connectivity index (χ1n) is 2.01. The molecule has 0 bridgehead atoms. The molecular formula is C5H8N2. The van der Waals surface area contributed by atoms with Crippen LogP contribution in [0.3, 0.4) is 0 Å². The molecule has 0 atom stereocenters. The molecule has 0 radical (unpaired) electrons.